The van der Waals surface area contributed by atoms with Crippen LogP contribution in [0.25, 0.3) is 0 Å². The number of hydrogen-bond donors (Lipinski definition) is 2. The number of amides is 3. The molecule has 2 unspecified atom stereocenters. The number of ether oxygens (including phenoxy) is 1. The molecule has 0 bridgehead atoms. The molecular weight excluding hydrogens is 526 g/mol. The molecular formula is C35H43N3O4. The van der Waals surface area contributed by atoms with Gasteiger partial charge in [0.25, 0.3) is 5.91 Å². The molecule has 2 atom stereocenters. The highest BCUT2D eigenvalue weighted by Gasteiger charge is 2.42. The number of para-hydroxylation sites is 1. The van der Waals surface area contributed by atoms with Gasteiger partial charge in [0.2, 0.25) is 5.91 Å². The van der Waals surface area contributed by atoms with Gasteiger partial charge in [-0.15, -0.1) is 0 Å². The van der Waals surface area contributed by atoms with Gasteiger partial charge in [0, 0.05) is 18.2 Å². The Bertz CT molecular complexity index is 1390. The first-order valence-electron chi connectivity index (χ1n) is 14.7. The molecule has 42 heavy (non-hydrogen) atoms. The fraction of sp³-hybridized carbons (Fsp3) is 0.400. The molecule has 0 aromatic heterocycles. The maximum atomic E-state index is 14.7. The molecule has 0 spiro atoms. The highest BCUT2D eigenvalue weighted by Crippen LogP contribution is 2.35. The minimum atomic E-state index is -0.928. The molecule has 2 N–H and O–H groups in total. The Balaban J connectivity index is 1.77. The lowest BCUT2D eigenvalue weighted by atomic mass is 9.87. The van der Waals surface area contributed by atoms with Crippen molar-refractivity contribution in [1.29, 1.82) is 0 Å². The molecule has 1 aliphatic rings. The van der Waals surface area contributed by atoms with E-state index >= 15 is 0 Å². The van der Waals surface area contributed by atoms with E-state index in [0.29, 0.717) is 5.69 Å². The van der Waals surface area contributed by atoms with Crippen molar-refractivity contribution in [3.63, 3.8) is 0 Å². The minimum absolute atomic E-state index is 0.135. The fourth-order valence-corrected chi connectivity index (χ4v) is 5.38. The van der Waals surface area contributed by atoms with Crippen LogP contribution in [0.5, 0.6) is 0 Å². The van der Waals surface area contributed by atoms with Crippen LogP contribution in [0.3, 0.4) is 0 Å². The number of carbonyl (C=O) groups excluding carboxylic acids is 3. The molecule has 1 aliphatic carbocycles. The Labute approximate surface area is 249 Å². The lowest BCUT2D eigenvalue weighted by Crippen LogP contribution is -2.57. The van der Waals surface area contributed by atoms with Crippen molar-refractivity contribution < 1.29 is 19.1 Å². The summed E-state index contributed by atoms with van der Waals surface area (Å²) in [5, 5.41) is 5.95. The normalized spacial score (nSPS) is 14.7. The van der Waals surface area contributed by atoms with Crippen LogP contribution in [0.4, 0.5) is 10.5 Å². The summed E-state index contributed by atoms with van der Waals surface area (Å²) in [7, 11) is 0. The molecule has 3 aromatic rings. The predicted octanol–water partition coefficient (Wildman–Crippen LogP) is 6.81. The molecule has 7 heteroatoms. The summed E-state index contributed by atoms with van der Waals surface area (Å²) in [5.41, 5.74) is 4.56. The molecule has 3 aromatic carbocycles. The van der Waals surface area contributed by atoms with Crippen LogP contribution in [-0.2, 0) is 20.7 Å². The molecule has 0 radical (unpaired) electrons. The Morgan fingerprint density at radius 3 is 2.10 bits per heavy atom. The van der Waals surface area contributed by atoms with Crippen LogP contribution >= 0.6 is 0 Å². The molecule has 0 heterocycles. The summed E-state index contributed by atoms with van der Waals surface area (Å²) in [6.45, 7) is 11.3. The van der Waals surface area contributed by atoms with Gasteiger partial charge in [-0.05, 0) is 83.6 Å². The van der Waals surface area contributed by atoms with Gasteiger partial charge in [0.15, 0.2) is 0 Å². The number of hydrogen-bond acceptors (Lipinski definition) is 4. The first-order chi connectivity index (χ1) is 19.9. The van der Waals surface area contributed by atoms with E-state index in [2.05, 4.69) is 16.7 Å². The number of nitrogens with zero attached hydrogens (tertiary/aromatic N) is 1. The van der Waals surface area contributed by atoms with Crippen molar-refractivity contribution in [2.75, 3.05) is 5.32 Å². The highest BCUT2D eigenvalue weighted by molar-refractivity contribution is 5.99. The number of benzene rings is 3. The number of alkyl carbamates (subject to hydrolysis) is 1. The van der Waals surface area contributed by atoms with E-state index in [1.54, 1.807) is 25.7 Å². The van der Waals surface area contributed by atoms with Gasteiger partial charge in [-0.2, -0.15) is 0 Å². The van der Waals surface area contributed by atoms with Gasteiger partial charge in [-0.25, -0.2) is 4.79 Å². The standard InChI is InChI=1S/C35H43N3O4/c1-23-19-24(2)21-27(20-23)31(32(39)36-29-18-11-10-13-25(29)3)38(28-16-12-17-28)33(40)30(22-26-14-8-7-9-15-26)37-34(41)42-35(4,5)6/h7-11,13-15,18-21,28,30-31H,12,16-17,22H2,1-6H3,(H,36,39)(H,37,41). The van der Waals surface area contributed by atoms with Gasteiger partial charge in [0.1, 0.15) is 17.7 Å². The molecule has 0 saturated heterocycles. The largest absolute Gasteiger partial charge is 0.444 e. The fourth-order valence-electron chi connectivity index (χ4n) is 5.38. The van der Waals surface area contributed by atoms with Crippen molar-refractivity contribution in [3.05, 3.63) is 101 Å². The van der Waals surface area contributed by atoms with E-state index in [4.69, 9.17) is 4.74 Å². The van der Waals surface area contributed by atoms with E-state index in [1.165, 1.54) is 0 Å². The summed E-state index contributed by atoms with van der Waals surface area (Å²) in [6.07, 6.45) is 2.14. The van der Waals surface area contributed by atoms with Crippen LogP contribution in [-0.4, -0.2) is 40.5 Å². The summed E-state index contributed by atoms with van der Waals surface area (Å²) in [5.74, 6) is -0.594. The third-order valence-corrected chi connectivity index (χ3v) is 7.48. The predicted molar refractivity (Wildman–Crippen MR) is 166 cm³/mol. The Kier molecular flexibility index (Phi) is 9.71. The van der Waals surface area contributed by atoms with Crippen LogP contribution in [0.15, 0.2) is 72.8 Å². The minimum Gasteiger partial charge on any atom is -0.444 e. The molecule has 222 valence electrons. The van der Waals surface area contributed by atoms with Crippen LogP contribution in [0.2, 0.25) is 0 Å². The van der Waals surface area contributed by atoms with E-state index < -0.39 is 23.8 Å². The number of aryl methyl sites for hydroxylation is 3. The second-order valence-corrected chi connectivity index (χ2v) is 12.3. The zero-order valence-electron chi connectivity index (χ0n) is 25.6. The van der Waals surface area contributed by atoms with E-state index in [-0.39, 0.29) is 24.3 Å². The highest BCUT2D eigenvalue weighted by atomic mass is 16.6. The number of anilines is 1. The molecule has 1 saturated carbocycles. The quantitative estimate of drug-likeness (QED) is 0.296. The molecule has 4 rings (SSSR count). The Morgan fingerprint density at radius 2 is 1.52 bits per heavy atom. The van der Waals surface area contributed by atoms with E-state index in [0.717, 1.165) is 47.1 Å². The van der Waals surface area contributed by atoms with Crippen molar-refractivity contribution in [2.45, 2.75) is 91.0 Å². The van der Waals surface area contributed by atoms with Crippen molar-refractivity contribution in [2.24, 2.45) is 0 Å². The maximum Gasteiger partial charge on any atom is 0.408 e. The average Bonchev–Trinajstić information content (AvgIpc) is 2.87. The topological polar surface area (TPSA) is 87.7 Å². The van der Waals surface area contributed by atoms with E-state index in [1.807, 2.05) is 87.5 Å². The van der Waals surface area contributed by atoms with E-state index in [9.17, 15) is 14.4 Å². The number of rotatable bonds is 9. The first kappa shape index (κ1) is 30.8. The van der Waals surface area contributed by atoms with Gasteiger partial charge in [0.05, 0.1) is 0 Å². The molecule has 1 fully saturated rings. The summed E-state index contributed by atoms with van der Waals surface area (Å²) >= 11 is 0. The van der Waals surface area contributed by atoms with Crippen molar-refractivity contribution in [1.82, 2.24) is 10.2 Å². The van der Waals surface area contributed by atoms with Crippen LogP contribution < -0.4 is 10.6 Å². The third kappa shape index (κ3) is 7.99. The zero-order valence-corrected chi connectivity index (χ0v) is 25.6. The molecule has 3 amide bonds. The van der Waals surface area contributed by atoms with Gasteiger partial charge >= 0.3 is 6.09 Å². The van der Waals surface area contributed by atoms with Gasteiger partial charge < -0.3 is 20.3 Å². The molecule has 7 nitrogen and oxygen atoms in total. The monoisotopic (exact) mass is 569 g/mol. The second-order valence-electron chi connectivity index (χ2n) is 12.3. The average molecular weight is 570 g/mol. The maximum absolute atomic E-state index is 14.7. The first-order valence-corrected chi connectivity index (χ1v) is 14.7. The lowest BCUT2D eigenvalue weighted by molar-refractivity contribution is -0.145. The van der Waals surface area contributed by atoms with Gasteiger partial charge in [-0.1, -0.05) is 77.9 Å². The number of nitrogens with one attached hydrogen (secondary N) is 2. The third-order valence-electron chi connectivity index (χ3n) is 7.48. The SMILES string of the molecule is Cc1cc(C)cc(C(C(=O)Nc2ccccc2C)N(C(=O)C(Cc2ccccc2)NC(=O)OC(C)(C)C)C2CCC2)c1. The summed E-state index contributed by atoms with van der Waals surface area (Å²) in [6, 6.07) is 21.2. The summed E-state index contributed by atoms with van der Waals surface area (Å²) in [4.78, 5) is 43.6. The summed E-state index contributed by atoms with van der Waals surface area (Å²) < 4.78 is 5.55. The Hall–Kier alpha value is -4.13. The molecule has 0 aliphatic heterocycles. The lowest BCUT2D eigenvalue weighted by Gasteiger charge is -2.43. The van der Waals surface area contributed by atoms with Crippen LogP contribution in [0.1, 0.15) is 73.9 Å². The van der Waals surface area contributed by atoms with Crippen molar-refractivity contribution in [3.8, 4) is 0 Å². The van der Waals surface area contributed by atoms with Crippen LogP contribution in [0, 0.1) is 20.8 Å². The van der Waals surface area contributed by atoms with Gasteiger partial charge in [-0.3, -0.25) is 9.59 Å². The number of carbonyl (C=O) groups is 3. The Morgan fingerprint density at radius 1 is 0.905 bits per heavy atom. The second kappa shape index (κ2) is 13.2. The van der Waals surface area contributed by atoms with Crippen molar-refractivity contribution >= 4 is 23.6 Å². The zero-order chi connectivity index (χ0) is 30.4. The smallest absolute Gasteiger partial charge is 0.408 e.